The molecule has 1 saturated heterocycles. The van der Waals surface area contributed by atoms with E-state index in [4.69, 9.17) is 0 Å². The van der Waals surface area contributed by atoms with Gasteiger partial charge in [0.1, 0.15) is 0 Å². The van der Waals surface area contributed by atoms with Crippen molar-refractivity contribution in [3.05, 3.63) is 49.6 Å². The number of rotatable bonds is 1. The zero-order chi connectivity index (χ0) is 8.43. The van der Waals surface area contributed by atoms with Gasteiger partial charge in [0.25, 0.3) is 0 Å². The third-order valence-electron chi connectivity index (χ3n) is 1.81. The Morgan fingerprint density at radius 1 is 1.38 bits per heavy atom. The number of nitrogens with zero attached hydrogens (tertiary/aromatic N) is 2. The molecule has 1 radical (unpaired) electrons. The van der Waals surface area contributed by atoms with Gasteiger partial charge in [-0.1, -0.05) is 19.7 Å². The quantitative estimate of drug-likeness (QED) is 0.657. The third kappa shape index (κ3) is 3.28. The van der Waals surface area contributed by atoms with E-state index in [0.29, 0.717) is 6.54 Å². The maximum absolute atomic E-state index is 4.15. The molecule has 0 aromatic heterocycles. The zero-order valence-corrected chi connectivity index (χ0v) is 11.3. The van der Waals surface area contributed by atoms with Crippen molar-refractivity contribution in [1.82, 2.24) is 4.90 Å². The molecule has 0 N–H and O–H groups in total. The Morgan fingerprint density at radius 3 is 2.31 bits per heavy atom. The summed E-state index contributed by atoms with van der Waals surface area (Å²) in [6, 6.07) is 0. The van der Waals surface area contributed by atoms with E-state index < -0.39 is 0 Å². The standard InChI is InChI=1S/C9H13N2.CH3.Y/c1-5-11-7(2)6-10-8(3)9(11)4;;/h2-6H2,1H3;1H3;/q2*-1;. The Bertz CT molecular complexity index is 221. The van der Waals surface area contributed by atoms with Crippen LogP contribution < -0.4 is 0 Å². The summed E-state index contributed by atoms with van der Waals surface area (Å²) in [6.45, 7) is 15.1. The zero-order valence-electron chi connectivity index (χ0n) is 8.51. The second-order valence-electron chi connectivity index (χ2n) is 2.52. The van der Waals surface area contributed by atoms with Crippen LogP contribution in [0.25, 0.3) is 5.32 Å². The molecule has 1 rings (SSSR count). The van der Waals surface area contributed by atoms with Crippen LogP contribution in [0.1, 0.15) is 6.92 Å². The van der Waals surface area contributed by atoms with E-state index in [9.17, 15) is 0 Å². The van der Waals surface area contributed by atoms with Gasteiger partial charge in [-0.15, -0.1) is 12.3 Å². The molecule has 0 aromatic carbocycles. The van der Waals surface area contributed by atoms with E-state index in [-0.39, 0.29) is 40.1 Å². The minimum Gasteiger partial charge on any atom is -0.678 e. The topological polar surface area (TPSA) is 17.3 Å². The maximum atomic E-state index is 4.15. The first kappa shape index (κ1) is 15.4. The summed E-state index contributed by atoms with van der Waals surface area (Å²) in [5.41, 5.74) is 2.66. The predicted octanol–water partition coefficient (Wildman–Crippen LogP) is 2.68. The van der Waals surface area contributed by atoms with Crippen LogP contribution in [0.5, 0.6) is 0 Å². The second-order valence-corrected chi connectivity index (χ2v) is 2.52. The monoisotopic (exact) mass is 253 g/mol. The minimum atomic E-state index is 0. The van der Waals surface area contributed by atoms with E-state index >= 15 is 0 Å². The van der Waals surface area contributed by atoms with Crippen molar-refractivity contribution < 1.29 is 32.7 Å². The van der Waals surface area contributed by atoms with Crippen LogP contribution >= 0.6 is 0 Å². The molecule has 0 atom stereocenters. The van der Waals surface area contributed by atoms with E-state index in [2.05, 4.69) is 32.0 Å². The molecule has 1 aliphatic heterocycles. The van der Waals surface area contributed by atoms with Gasteiger partial charge in [0.05, 0.1) is 0 Å². The molecule has 13 heavy (non-hydrogen) atoms. The van der Waals surface area contributed by atoms with Gasteiger partial charge in [0, 0.05) is 45.0 Å². The van der Waals surface area contributed by atoms with Crippen LogP contribution in [-0.2, 0) is 32.7 Å². The Labute approximate surface area is 107 Å². The Balaban J connectivity index is 0. The molecule has 0 aromatic rings. The van der Waals surface area contributed by atoms with Crippen molar-refractivity contribution in [2.45, 2.75) is 6.92 Å². The van der Waals surface area contributed by atoms with Gasteiger partial charge in [0.2, 0.25) is 0 Å². The van der Waals surface area contributed by atoms with Gasteiger partial charge in [-0.3, -0.25) is 0 Å². The van der Waals surface area contributed by atoms with Crippen molar-refractivity contribution in [2.75, 3.05) is 13.1 Å². The summed E-state index contributed by atoms with van der Waals surface area (Å²) < 4.78 is 0. The van der Waals surface area contributed by atoms with Crippen molar-refractivity contribution in [1.29, 1.82) is 0 Å². The number of hydrogen-bond donors (Lipinski definition) is 0. The average molecular weight is 253 g/mol. The summed E-state index contributed by atoms with van der Waals surface area (Å²) in [5, 5.41) is 4.15. The van der Waals surface area contributed by atoms with E-state index in [1.807, 2.05) is 4.90 Å². The maximum Gasteiger partial charge on any atom is 0.0198 e. The fourth-order valence-corrected chi connectivity index (χ4v) is 1.12. The first-order valence-electron chi connectivity index (χ1n) is 3.67. The molecule has 1 fully saturated rings. The third-order valence-corrected chi connectivity index (χ3v) is 1.81. The Morgan fingerprint density at radius 2 is 1.92 bits per heavy atom. The van der Waals surface area contributed by atoms with Crippen LogP contribution in [0.3, 0.4) is 0 Å². The normalized spacial score (nSPS) is 15.8. The molecule has 0 bridgehead atoms. The summed E-state index contributed by atoms with van der Waals surface area (Å²) in [5.74, 6) is 0. The van der Waals surface area contributed by atoms with Gasteiger partial charge in [-0.25, -0.2) is 0 Å². The number of likely N-dealkylation sites (N-methyl/N-ethyl adjacent to an activating group) is 1. The number of piperazine rings is 1. The largest absolute Gasteiger partial charge is 0.678 e. The summed E-state index contributed by atoms with van der Waals surface area (Å²) in [7, 11) is 0. The molecule has 0 unspecified atom stereocenters. The smallest absolute Gasteiger partial charge is 0.0198 e. The van der Waals surface area contributed by atoms with E-state index in [1.165, 1.54) is 0 Å². The van der Waals surface area contributed by atoms with Crippen molar-refractivity contribution >= 4 is 0 Å². The van der Waals surface area contributed by atoms with Crippen LogP contribution in [0.2, 0.25) is 0 Å². The molecule has 3 heteroatoms. The van der Waals surface area contributed by atoms with E-state index in [0.717, 1.165) is 23.6 Å². The van der Waals surface area contributed by atoms with Gasteiger partial charge in [-0.2, -0.15) is 0 Å². The summed E-state index contributed by atoms with van der Waals surface area (Å²) in [4.78, 5) is 2.04. The molecule has 1 aliphatic rings. The van der Waals surface area contributed by atoms with Gasteiger partial charge < -0.3 is 17.6 Å². The Kier molecular flexibility index (Phi) is 7.57. The molecule has 71 valence electrons. The average Bonchev–Trinajstić information content (AvgIpc) is 1.99. The minimum absolute atomic E-state index is 0. The van der Waals surface area contributed by atoms with Gasteiger partial charge in [-0.05, 0) is 12.6 Å². The summed E-state index contributed by atoms with van der Waals surface area (Å²) in [6.07, 6.45) is 0. The van der Waals surface area contributed by atoms with Crippen molar-refractivity contribution in [3.63, 3.8) is 0 Å². The van der Waals surface area contributed by atoms with E-state index in [1.54, 1.807) is 0 Å². The van der Waals surface area contributed by atoms with Crippen molar-refractivity contribution in [3.8, 4) is 0 Å². The van der Waals surface area contributed by atoms with Crippen LogP contribution in [-0.4, -0.2) is 18.0 Å². The first-order valence-corrected chi connectivity index (χ1v) is 3.67. The van der Waals surface area contributed by atoms with Crippen LogP contribution in [0, 0.1) is 7.43 Å². The predicted molar refractivity (Wildman–Crippen MR) is 54.4 cm³/mol. The molecule has 2 nitrogen and oxygen atoms in total. The fourth-order valence-electron chi connectivity index (χ4n) is 1.12. The number of hydrogen-bond acceptors (Lipinski definition) is 1. The Hall–Kier alpha value is -0.0761. The molecule has 0 spiro atoms. The van der Waals surface area contributed by atoms with Crippen molar-refractivity contribution in [2.24, 2.45) is 0 Å². The SMILES string of the molecule is C=C1[N-]CC(=C)N(CC)C1=C.[CH3-].[Y]. The molecule has 0 aliphatic carbocycles. The van der Waals surface area contributed by atoms with Gasteiger partial charge >= 0.3 is 0 Å². The first-order chi connectivity index (χ1) is 5.16. The fraction of sp³-hybridized carbons (Fsp3) is 0.300. The molecule has 0 saturated carbocycles. The van der Waals surface area contributed by atoms with Crippen LogP contribution in [0.15, 0.2) is 36.8 Å². The summed E-state index contributed by atoms with van der Waals surface area (Å²) >= 11 is 0. The molecular formula is C10H16N2Y-2. The molecular weight excluding hydrogens is 237 g/mol. The molecule has 0 amide bonds. The second kappa shape index (κ2) is 6.39. The molecule has 1 heterocycles. The van der Waals surface area contributed by atoms with Gasteiger partial charge in [0.15, 0.2) is 0 Å². The van der Waals surface area contributed by atoms with Crippen LogP contribution in [0.4, 0.5) is 0 Å².